The maximum absolute atomic E-state index is 12.9. The highest BCUT2D eigenvalue weighted by Crippen LogP contribution is 2.36. The highest BCUT2D eigenvalue weighted by Gasteiger charge is 2.32. The number of aryl methyl sites for hydroxylation is 2. The van der Waals surface area contributed by atoms with Crippen LogP contribution in [0.3, 0.4) is 0 Å². The number of aromatic nitrogens is 2. The number of carbonyl (C=O) groups is 1. The Morgan fingerprint density at radius 1 is 1.14 bits per heavy atom. The van der Waals surface area contributed by atoms with Crippen molar-refractivity contribution in [3.8, 4) is 0 Å². The van der Waals surface area contributed by atoms with Gasteiger partial charge < -0.3 is 0 Å². The zero-order chi connectivity index (χ0) is 21.0. The van der Waals surface area contributed by atoms with Crippen molar-refractivity contribution < 1.29 is 18.0 Å². The van der Waals surface area contributed by atoms with E-state index in [-0.39, 0.29) is 28.7 Å². The van der Waals surface area contributed by atoms with Gasteiger partial charge in [-0.25, -0.2) is 0 Å². The first-order chi connectivity index (χ1) is 13.8. The minimum Gasteiger partial charge on any atom is -0.294 e. The molecule has 1 fully saturated rings. The fourth-order valence-electron chi connectivity index (χ4n) is 3.87. The van der Waals surface area contributed by atoms with Crippen molar-refractivity contribution in [1.29, 1.82) is 0 Å². The monoisotopic (exact) mass is 444 g/mol. The number of hydrogen-bond donors (Lipinski definition) is 0. The molecule has 1 heterocycles. The van der Waals surface area contributed by atoms with Gasteiger partial charge in [0.1, 0.15) is 10.0 Å². The minimum atomic E-state index is -4.48. The van der Waals surface area contributed by atoms with Gasteiger partial charge in [0.05, 0.1) is 10.6 Å². The van der Waals surface area contributed by atoms with Gasteiger partial charge in [0, 0.05) is 18.4 Å². The third kappa shape index (κ3) is 6.01. The van der Waals surface area contributed by atoms with Gasteiger partial charge in [-0.05, 0) is 55.7 Å². The van der Waals surface area contributed by atoms with Crippen LogP contribution in [-0.2, 0) is 19.0 Å². The summed E-state index contributed by atoms with van der Waals surface area (Å²) in [5.41, 5.74) is -0.858. The van der Waals surface area contributed by atoms with Gasteiger partial charge in [-0.3, -0.25) is 4.79 Å². The van der Waals surface area contributed by atoms with Crippen LogP contribution in [0.4, 0.5) is 13.2 Å². The Balaban J connectivity index is 1.49. The standard InChI is InChI=1S/C21H24ClF3N2OS/c1-2-19-26-27-20(29-19)10-7-13-3-5-14(6-4-13)11-18(28)16-12-15(21(23,24)25)8-9-17(16)22/h8-9,12-14H,2-7,10-11H2,1H3. The molecule has 3 rings (SSSR count). The molecule has 0 N–H and O–H groups in total. The molecule has 1 aromatic carbocycles. The summed E-state index contributed by atoms with van der Waals surface area (Å²) in [5.74, 6) is 0.510. The van der Waals surface area contributed by atoms with Crippen LogP contribution in [0.15, 0.2) is 18.2 Å². The van der Waals surface area contributed by atoms with Crippen molar-refractivity contribution in [2.45, 2.75) is 64.5 Å². The lowest BCUT2D eigenvalue weighted by molar-refractivity contribution is -0.137. The van der Waals surface area contributed by atoms with Crippen LogP contribution in [-0.4, -0.2) is 16.0 Å². The van der Waals surface area contributed by atoms with Gasteiger partial charge in [0.15, 0.2) is 5.78 Å². The zero-order valence-corrected chi connectivity index (χ0v) is 17.8. The Bertz CT molecular complexity index is 845. The summed E-state index contributed by atoms with van der Waals surface area (Å²) < 4.78 is 38.8. The van der Waals surface area contributed by atoms with Crippen molar-refractivity contribution in [3.05, 3.63) is 44.4 Å². The molecule has 0 atom stereocenters. The number of Topliss-reactive ketones (excluding diaryl/α,β-unsaturated/α-hetero) is 1. The van der Waals surface area contributed by atoms with Gasteiger partial charge in [-0.1, -0.05) is 31.4 Å². The molecule has 0 bridgehead atoms. The molecule has 0 unspecified atom stereocenters. The van der Waals surface area contributed by atoms with E-state index in [0.717, 1.165) is 73.2 Å². The first-order valence-corrected chi connectivity index (χ1v) is 11.2. The Morgan fingerprint density at radius 3 is 2.41 bits per heavy atom. The maximum Gasteiger partial charge on any atom is 0.416 e. The average Bonchev–Trinajstić information content (AvgIpc) is 3.15. The highest BCUT2D eigenvalue weighted by molar-refractivity contribution is 7.11. The van der Waals surface area contributed by atoms with E-state index in [4.69, 9.17) is 11.6 Å². The molecule has 2 aromatic rings. The Labute approximate surface area is 177 Å². The van der Waals surface area contributed by atoms with Gasteiger partial charge in [-0.2, -0.15) is 13.2 Å². The molecule has 1 aliphatic rings. The summed E-state index contributed by atoms with van der Waals surface area (Å²) in [6.07, 6.45) is 2.59. The molecule has 0 saturated heterocycles. The summed E-state index contributed by atoms with van der Waals surface area (Å²) in [7, 11) is 0. The first-order valence-electron chi connectivity index (χ1n) is 9.97. The lowest BCUT2D eigenvalue weighted by Gasteiger charge is -2.28. The third-order valence-corrected chi connectivity index (χ3v) is 7.07. The van der Waals surface area contributed by atoms with E-state index >= 15 is 0 Å². The van der Waals surface area contributed by atoms with E-state index in [9.17, 15) is 18.0 Å². The Kier molecular flexibility index (Phi) is 7.32. The molecule has 0 radical (unpaired) electrons. The number of carbonyl (C=O) groups excluding carboxylic acids is 1. The molecule has 3 nitrogen and oxygen atoms in total. The first kappa shape index (κ1) is 22.2. The lowest BCUT2D eigenvalue weighted by atomic mass is 9.77. The van der Waals surface area contributed by atoms with E-state index in [1.54, 1.807) is 11.3 Å². The van der Waals surface area contributed by atoms with E-state index in [1.807, 2.05) is 0 Å². The molecular formula is C21H24ClF3N2OS. The number of alkyl halides is 3. The smallest absolute Gasteiger partial charge is 0.294 e. The summed E-state index contributed by atoms with van der Waals surface area (Å²) in [4.78, 5) is 12.6. The molecule has 0 amide bonds. The number of hydrogen-bond acceptors (Lipinski definition) is 4. The SMILES string of the molecule is CCc1nnc(CCC2CCC(CC(=O)c3cc(C(F)(F)F)ccc3Cl)CC2)s1. The molecular weight excluding hydrogens is 421 g/mol. The summed E-state index contributed by atoms with van der Waals surface area (Å²) in [6.45, 7) is 2.07. The summed E-state index contributed by atoms with van der Waals surface area (Å²) >= 11 is 7.67. The zero-order valence-electron chi connectivity index (χ0n) is 16.3. The second-order valence-electron chi connectivity index (χ2n) is 7.69. The van der Waals surface area contributed by atoms with Crippen molar-refractivity contribution in [1.82, 2.24) is 10.2 Å². The van der Waals surface area contributed by atoms with E-state index < -0.39 is 11.7 Å². The quantitative estimate of drug-likeness (QED) is 0.442. The second kappa shape index (κ2) is 9.56. The summed E-state index contributed by atoms with van der Waals surface area (Å²) in [6, 6.07) is 2.95. The van der Waals surface area contributed by atoms with Crippen molar-refractivity contribution >= 4 is 28.7 Å². The fourth-order valence-corrected chi connectivity index (χ4v) is 4.89. The third-order valence-electron chi connectivity index (χ3n) is 5.61. The fraction of sp³-hybridized carbons (Fsp3) is 0.571. The lowest BCUT2D eigenvalue weighted by Crippen LogP contribution is -2.18. The Morgan fingerprint density at radius 2 is 1.79 bits per heavy atom. The van der Waals surface area contributed by atoms with Crippen LogP contribution in [0.5, 0.6) is 0 Å². The highest BCUT2D eigenvalue weighted by atomic mass is 35.5. The molecule has 0 spiro atoms. The molecule has 1 aromatic heterocycles. The van der Waals surface area contributed by atoms with Gasteiger partial charge >= 0.3 is 6.18 Å². The molecule has 8 heteroatoms. The molecule has 1 aliphatic carbocycles. The van der Waals surface area contributed by atoms with Crippen LogP contribution in [0.1, 0.15) is 71.4 Å². The molecule has 0 aliphatic heterocycles. The van der Waals surface area contributed by atoms with Crippen molar-refractivity contribution in [3.63, 3.8) is 0 Å². The Hall–Kier alpha value is -1.47. The normalized spacial score (nSPS) is 20.0. The number of nitrogens with zero attached hydrogens (tertiary/aromatic N) is 2. The number of rotatable bonds is 7. The second-order valence-corrected chi connectivity index (χ2v) is 9.24. The number of benzene rings is 1. The van der Waals surface area contributed by atoms with Crippen LogP contribution in [0.2, 0.25) is 5.02 Å². The van der Waals surface area contributed by atoms with Crippen LogP contribution < -0.4 is 0 Å². The topological polar surface area (TPSA) is 42.9 Å². The number of halogens is 4. The predicted octanol–water partition coefficient (Wildman–Crippen LogP) is 6.78. The maximum atomic E-state index is 12.9. The van der Waals surface area contributed by atoms with Gasteiger partial charge in [0.2, 0.25) is 0 Å². The van der Waals surface area contributed by atoms with E-state index in [2.05, 4.69) is 17.1 Å². The van der Waals surface area contributed by atoms with Gasteiger partial charge in [-0.15, -0.1) is 21.5 Å². The van der Waals surface area contributed by atoms with Crippen LogP contribution in [0.25, 0.3) is 0 Å². The van der Waals surface area contributed by atoms with Crippen molar-refractivity contribution in [2.75, 3.05) is 0 Å². The van der Waals surface area contributed by atoms with Crippen LogP contribution in [0, 0.1) is 11.8 Å². The number of ketones is 1. The van der Waals surface area contributed by atoms with Crippen LogP contribution >= 0.6 is 22.9 Å². The summed E-state index contributed by atoms with van der Waals surface area (Å²) in [5, 5.41) is 10.6. The van der Waals surface area contributed by atoms with E-state index in [1.165, 1.54) is 0 Å². The van der Waals surface area contributed by atoms with Crippen molar-refractivity contribution in [2.24, 2.45) is 11.8 Å². The van der Waals surface area contributed by atoms with E-state index in [0.29, 0.717) is 5.92 Å². The van der Waals surface area contributed by atoms with Gasteiger partial charge in [0.25, 0.3) is 0 Å². The molecule has 29 heavy (non-hydrogen) atoms. The minimum absolute atomic E-state index is 0.0217. The largest absolute Gasteiger partial charge is 0.416 e. The molecule has 1 saturated carbocycles. The predicted molar refractivity (Wildman–Crippen MR) is 108 cm³/mol. The molecule has 158 valence electrons. The average molecular weight is 445 g/mol.